The number of allylic oxidation sites excluding steroid dienone is 2. The molecule has 0 radical (unpaired) electrons. The second kappa shape index (κ2) is 9.25. The van der Waals surface area contributed by atoms with Gasteiger partial charge in [-0.1, -0.05) is 44.6 Å². The molecule has 0 aliphatic rings. The van der Waals surface area contributed by atoms with Crippen molar-refractivity contribution in [2.75, 3.05) is 6.61 Å². The zero-order valence-corrected chi connectivity index (χ0v) is 9.50. The molecule has 0 aliphatic heterocycles. The van der Waals surface area contributed by atoms with E-state index in [0.717, 1.165) is 19.3 Å². The predicted octanol–water partition coefficient (Wildman–Crippen LogP) is 3.41. The Labute approximate surface area is 92.3 Å². The standard InChI is InChI=1S/C13H20O2/c1-4-7-8-10-12(9-5-2)13(14)15-11-6-3/h5-6,10H,2-4,7-9,11H2,1H3. The minimum Gasteiger partial charge on any atom is -0.458 e. The average molecular weight is 208 g/mol. The number of carbonyl (C=O) groups is 1. The van der Waals surface area contributed by atoms with Gasteiger partial charge < -0.3 is 4.74 Å². The van der Waals surface area contributed by atoms with E-state index in [1.54, 1.807) is 12.2 Å². The van der Waals surface area contributed by atoms with Gasteiger partial charge in [-0.15, -0.1) is 6.58 Å². The van der Waals surface area contributed by atoms with E-state index in [1.807, 2.05) is 6.08 Å². The highest BCUT2D eigenvalue weighted by Gasteiger charge is 2.07. The first-order valence-electron chi connectivity index (χ1n) is 5.34. The Bertz CT molecular complexity index is 239. The fourth-order valence-electron chi connectivity index (χ4n) is 1.11. The van der Waals surface area contributed by atoms with Crippen molar-refractivity contribution in [1.82, 2.24) is 0 Å². The normalized spacial score (nSPS) is 10.9. The first kappa shape index (κ1) is 13.7. The van der Waals surface area contributed by atoms with Crippen LogP contribution >= 0.6 is 0 Å². The maximum atomic E-state index is 11.5. The molecule has 0 N–H and O–H groups in total. The molecule has 0 unspecified atom stereocenters. The lowest BCUT2D eigenvalue weighted by Gasteiger charge is -2.04. The quantitative estimate of drug-likeness (QED) is 0.264. The summed E-state index contributed by atoms with van der Waals surface area (Å²) in [5, 5.41) is 0. The number of ether oxygens (including phenoxy) is 1. The van der Waals surface area contributed by atoms with Crippen molar-refractivity contribution in [1.29, 1.82) is 0 Å². The molecule has 0 aromatic carbocycles. The first-order chi connectivity index (χ1) is 7.26. The monoisotopic (exact) mass is 208 g/mol. The molecule has 0 atom stereocenters. The summed E-state index contributed by atoms with van der Waals surface area (Å²) >= 11 is 0. The Morgan fingerprint density at radius 2 is 2.07 bits per heavy atom. The fraction of sp³-hybridized carbons (Fsp3) is 0.462. The van der Waals surface area contributed by atoms with Crippen LogP contribution in [0.1, 0.15) is 32.6 Å². The van der Waals surface area contributed by atoms with E-state index in [0.29, 0.717) is 12.0 Å². The van der Waals surface area contributed by atoms with E-state index in [9.17, 15) is 4.79 Å². The van der Waals surface area contributed by atoms with Crippen LogP contribution in [0.5, 0.6) is 0 Å². The summed E-state index contributed by atoms with van der Waals surface area (Å²) in [6.45, 7) is 9.51. The van der Waals surface area contributed by atoms with Gasteiger partial charge in [0.25, 0.3) is 0 Å². The maximum absolute atomic E-state index is 11.5. The molecule has 0 rings (SSSR count). The largest absolute Gasteiger partial charge is 0.458 e. The second-order valence-corrected chi connectivity index (χ2v) is 3.25. The van der Waals surface area contributed by atoms with Gasteiger partial charge >= 0.3 is 5.97 Å². The van der Waals surface area contributed by atoms with Gasteiger partial charge in [-0.05, 0) is 12.8 Å². The van der Waals surface area contributed by atoms with Crippen molar-refractivity contribution in [3.05, 3.63) is 37.0 Å². The summed E-state index contributed by atoms with van der Waals surface area (Å²) in [6.07, 6.45) is 8.93. The minimum absolute atomic E-state index is 0.258. The van der Waals surface area contributed by atoms with E-state index in [2.05, 4.69) is 20.1 Å². The number of hydrogen-bond acceptors (Lipinski definition) is 2. The summed E-state index contributed by atoms with van der Waals surface area (Å²) in [5.41, 5.74) is 0.695. The molecular weight excluding hydrogens is 188 g/mol. The summed E-state index contributed by atoms with van der Waals surface area (Å²) in [5.74, 6) is -0.258. The Morgan fingerprint density at radius 1 is 1.33 bits per heavy atom. The number of hydrogen-bond donors (Lipinski definition) is 0. The van der Waals surface area contributed by atoms with Crippen LogP contribution in [0.2, 0.25) is 0 Å². The van der Waals surface area contributed by atoms with Crippen molar-refractivity contribution >= 4 is 5.97 Å². The van der Waals surface area contributed by atoms with Gasteiger partial charge in [-0.25, -0.2) is 4.79 Å². The molecule has 0 saturated carbocycles. The molecule has 0 spiro atoms. The van der Waals surface area contributed by atoms with E-state index in [-0.39, 0.29) is 12.6 Å². The van der Waals surface area contributed by atoms with E-state index >= 15 is 0 Å². The van der Waals surface area contributed by atoms with E-state index < -0.39 is 0 Å². The summed E-state index contributed by atoms with van der Waals surface area (Å²) in [4.78, 5) is 11.5. The molecule has 84 valence electrons. The van der Waals surface area contributed by atoms with Crippen molar-refractivity contribution in [2.45, 2.75) is 32.6 Å². The van der Waals surface area contributed by atoms with Crippen molar-refractivity contribution in [2.24, 2.45) is 0 Å². The molecule has 0 aliphatic carbocycles. The summed E-state index contributed by atoms with van der Waals surface area (Å²) in [7, 11) is 0. The third-order valence-electron chi connectivity index (χ3n) is 1.91. The van der Waals surface area contributed by atoms with Crippen LogP contribution in [0, 0.1) is 0 Å². The lowest BCUT2D eigenvalue weighted by molar-refractivity contribution is -0.137. The molecule has 2 heteroatoms. The Hall–Kier alpha value is -1.31. The minimum atomic E-state index is -0.258. The molecule has 0 saturated heterocycles. The van der Waals surface area contributed by atoms with Crippen LogP contribution in [-0.2, 0) is 9.53 Å². The number of unbranched alkanes of at least 4 members (excludes halogenated alkanes) is 2. The van der Waals surface area contributed by atoms with Gasteiger partial charge in [0.05, 0.1) is 0 Å². The number of carbonyl (C=O) groups excluding carboxylic acids is 1. The molecule has 15 heavy (non-hydrogen) atoms. The second-order valence-electron chi connectivity index (χ2n) is 3.25. The van der Waals surface area contributed by atoms with Crippen molar-refractivity contribution in [3.8, 4) is 0 Å². The van der Waals surface area contributed by atoms with Gasteiger partial charge in [0, 0.05) is 5.57 Å². The Kier molecular flexibility index (Phi) is 8.44. The molecule has 0 amide bonds. The van der Waals surface area contributed by atoms with Gasteiger partial charge in [0.2, 0.25) is 0 Å². The highest BCUT2D eigenvalue weighted by molar-refractivity contribution is 5.88. The predicted molar refractivity (Wildman–Crippen MR) is 63.6 cm³/mol. The molecule has 0 fully saturated rings. The Morgan fingerprint density at radius 3 is 2.60 bits per heavy atom. The maximum Gasteiger partial charge on any atom is 0.334 e. The molecule has 2 nitrogen and oxygen atoms in total. The van der Waals surface area contributed by atoms with Crippen molar-refractivity contribution < 1.29 is 9.53 Å². The third kappa shape index (κ3) is 6.72. The van der Waals surface area contributed by atoms with Crippen LogP contribution in [0.4, 0.5) is 0 Å². The Balaban J connectivity index is 4.22. The average Bonchev–Trinajstić information content (AvgIpc) is 2.25. The molecule has 0 aromatic heterocycles. The molecular formula is C13H20O2. The first-order valence-corrected chi connectivity index (χ1v) is 5.34. The molecule has 0 aromatic rings. The third-order valence-corrected chi connectivity index (χ3v) is 1.91. The van der Waals surface area contributed by atoms with Crippen LogP contribution in [-0.4, -0.2) is 12.6 Å². The lowest BCUT2D eigenvalue weighted by Crippen LogP contribution is -2.07. The molecule has 0 heterocycles. The van der Waals surface area contributed by atoms with Crippen LogP contribution in [0.15, 0.2) is 37.0 Å². The van der Waals surface area contributed by atoms with Crippen LogP contribution < -0.4 is 0 Å². The summed E-state index contributed by atoms with van der Waals surface area (Å²) < 4.78 is 4.96. The van der Waals surface area contributed by atoms with Gasteiger partial charge in [-0.3, -0.25) is 0 Å². The smallest absolute Gasteiger partial charge is 0.334 e. The highest BCUT2D eigenvalue weighted by atomic mass is 16.5. The highest BCUT2D eigenvalue weighted by Crippen LogP contribution is 2.08. The van der Waals surface area contributed by atoms with Gasteiger partial charge in [0.1, 0.15) is 6.61 Å². The zero-order chi connectivity index (χ0) is 11.5. The van der Waals surface area contributed by atoms with Gasteiger partial charge in [-0.2, -0.15) is 0 Å². The van der Waals surface area contributed by atoms with Crippen LogP contribution in [0.25, 0.3) is 0 Å². The fourth-order valence-corrected chi connectivity index (χ4v) is 1.11. The van der Waals surface area contributed by atoms with E-state index in [4.69, 9.17) is 4.74 Å². The van der Waals surface area contributed by atoms with Crippen molar-refractivity contribution in [3.63, 3.8) is 0 Å². The van der Waals surface area contributed by atoms with Crippen LogP contribution in [0.3, 0.4) is 0 Å². The van der Waals surface area contributed by atoms with E-state index in [1.165, 1.54) is 0 Å². The molecule has 0 bridgehead atoms. The topological polar surface area (TPSA) is 26.3 Å². The lowest BCUT2D eigenvalue weighted by atomic mass is 10.1. The zero-order valence-electron chi connectivity index (χ0n) is 9.50. The number of rotatable bonds is 8. The number of esters is 1. The van der Waals surface area contributed by atoms with Gasteiger partial charge in [0.15, 0.2) is 0 Å². The summed E-state index contributed by atoms with van der Waals surface area (Å²) in [6, 6.07) is 0. The SMILES string of the molecule is C=CCOC(=O)C(=CCCCC)CC=C.